The van der Waals surface area contributed by atoms with E-state index in [1.54, 1.807) is 10.6 Å². The van der Waals surface area contributed by atoms with Crippen molar-refractivity contribution in [2.24, 2.45) is 11.1 Å². The van der Waals surface area contributed by atoms with Crippen molar-refractivity contribution in [3.8, 4) is 17.3 Å². The van der Waals surface area contributed by atoms with Crippen LogP contribution in [-0.4, -0.2) is 15.7 Å². The Bertz CT molecular complexity index is 1100. The van der Waals surface area contributed by atoms with Crippen LogP contribution in [0.3, 0.4) is 0 Å². The first-order valence-electron chi connectivity index (χ1n) is 8.92. The van der Waals surface area contributed by atoms with E-state index in [0.717, 1.165) is 6.07 Å². The zero-order valence-electron chi connectivity index (χ0n) is 16.2. The zero-order chi connectivity index (χ0) is 21.6. The Morgan fingerprint density at radius 1 is 1.24 bits per heavy atom. The fourth-order valence-electron chi connectivity index (χ4n) is 3.30. The molecule has 0 saturated heterocycles. The number of rotatable bonds is 3. The number of hydrogen-bond donors (Lipinski definition) is 1. The number of alkyl halides is 3. The third kappa shape index (κ3) is 4.10. The maximum absolute atomic E-state index is 14.9. The number of halogens is 4. The van der Waals surface area contributed by atoms with Gasteiger partial charge in [0.1, 0.15) is 17.9 Å². The first kappa shape index (κ1) is 20.8. The number of aromatic nitrogens is 2. The Morgan fingerprint density at radius 3 is 2.52 bits per heavy atom. The van der Waals surface area contributed by atoms with Crippen molar-refractivity contribution in [1.82, 2.24) is 9.55 Å². The number of pyridine rings is 1. The summed E-state index contributed by atoms with van der Waals surface area (Å²) in [6, 6.07) is 5.27. The predicted molar refractivity (Wildman–Crippen MR) is 102 cm³/mol. The lowest BCUT2D eigenvalue weighted by atomic mass is 9.96. The van der Waals surface area contributed by atoms with Crippen LogP contribution < -0.4 is 5.73 Å². The predicted octanol–water partition coefficient (Wildman–Crippen LogP) is 5.32. The van der Waals surface area contributed by atoms with Gasteiger partial charge in [0.15, 0.2) is 0 Å². The highest BCUT2D eigenvalue weighted by molar-refractivity contribution is 5.89. The van der Waals surface area contributed by atoms with E-state index in [1.165, 1.54) is 24.5 Å². The van der Waals surface area contributed by atoms with Gasteiger partial charge in [-0.15, -0.1) is 0 Å². The van der Waals surface area contributed by atoms with E-state index in [-0.39, 0.29) is 33.2 Å². The molecule has 0 aliphatic rings. The molecule has 0 bridgehead atoms. The van der Waals surface area contributed by atoms with E-state index < -0.39 is 18.0 Å². The van der Waals surface area contributed by atoms with Crippen molar-refractivity contribution in [2.45, 2.75) is 39.5 Å². The Balaban J connectivity index is 2.31. The highest BCUT2D eigenvalue weighted by atomic mass is 19.4. The van der Waals surface area contributed by atoms with Crippen LogP contribution in [0.25, 0.3) is 22.2 Å². The molecule has 152 valence electrons. The summed E-state index contributed by atoms with van der Waals surface area (Å²) in [4.78, 5) is 4.10. The van der Waals surface area contributed by atoms with Crippen molar-refractivity contribution in [3.63, 3.8) is 0 Å². The maximum atomic E-state index is 14.9. The fourth-order valence-corrected chi connectivity index (χ4v) is 3.30. The summed E-state index contributed by atoms with van der Waals surface area (Å²) in [6.07, 6.45) is -1.90. The second-order valence-corrected chi connectivity index (χ2v) is 8.15. The van der Waals surface area contributed by atoms with Crippen molar-refractivity contribution in [1.29, 1.82) is 5.26 Å². The summed E-state index contributed by atoms with van der Waals surface area (Å²) in [5.41, 5.74) is 5.77. The summed E-state index contributed by atoms with van der Waals surface area (Å²) in [7, 11) is 0. The summed E-state index contributed by atoms with van der Waals surface area (Å²) in [5, 5.41) is 9.39. The molecule has 0 fully saturated rings. The number of hydrogen-bond acceptors (Lipinski definition) is 3. The Kier molecular flexibility index (Phi) is 5.13. The number of fused-ring (bicyclic) bond motifs is 1. The lowest BCUT2D eigenvalue weighted by molar-refractivity contribution is -0.148. The smallest absolute Gasteiger partial charge is 0.347 e. The first-order chi connectivity index (χ1) is 13.4. The van der Waals surface area contributed by atoms with Gasteiger partial charge in [0.05, 0.1) is 11.3 Å². The topological polar surface area (TPSA) is 67.6 Å². The van der Waals surface area contributed by atoms with E-state index in [9.17, 15) is 22.8 Å². The van der Waals surface area contributed by atoms with Gasteiger partial charge in [-0.1, -0.05) is 20.8 Å². The number of nitrogens with zero attached hydrogens (tertiary/aromatic N) is 3. The molecule has 0 aliphatic heterocycles. The van der Waals surface area contributed by atoms with E-state index in [2.05, 4.69) is 4.98 Å². The maximum Gasteiger partial charge on any atom is 0.407 e. The molecule has 29 heavy (non-hydrogen) atoms. The average Bonchev–Trinajstić information content (AvgIpc) is 2.95. The number of nitriles is 1. The second-order valence-electron chi connectivity index (χ2n) is 8.15. The van der Waals surface area contributed by atoms with Crippen molar-refractivity contribution >= 4 is 10.9 Å². The molecule has 0 radical (unpaired) electrons. The standard InChI is InChI=1S/C21H20F4N4/c1-20(2,3)11-29-10-15(19(27)21(23,24)25)13-7-16(22)14(8-17(13)29)18-12(9-26)5-4-6-28-18/h4-8,10,19H,11,27H2,1-3H3/t19-/m1/s1. The molecule has 1 aromatic carbocycles. The summed E-state index contributed by atoms with van der Waals surface area (Å²) < 4.78 is 56.4. The van der Waals surface area contributed by atoms with Crippen LogP contribution in [0.1, 0.15) is 37.9 Å². The van der Waals surface area contributed by atoms with Gasteiger partial charge in [0, 0.05) is 41.0 Å². The summed E-state index contributed by atoms with van der Waals surface area (Å²) >= 11 is 0. The lowest BCUT2D eigenvalue weighted by Gasteiger charge is -2.20. The first-order valence-corrected chi connectivity index (χ1v) is 8.92. The molecular weight excluding hydrogens is 384 g/mol. The third-order valence-corrected chi connectivity index (χ3v) is 4.52. The molecule has 1 atom stereocenters. The third-order valence-electron chi connectivity index (χ3n) is 4.52. The van der Waals surface area contributed by atoms with Crippen molar-refractivity contribution in [2.75, 3.05) is 0 Å². The zero-order valence-corrected chi connectivity index (χ0v) is 16.2. The average molecular weight is 404 g/mol. The van der Waals surface area contributed by atoms with Gasteiger partial charge in [-0.3, -0.25) is 4.98 Å². The molecule has 2 heterocycles. The molecular formula is C21H20F4N4. The lowest BCUT2D eigenvalue weighted by Crippen LogP contribution is -2.28. The van der Waals surface area contributed by atoms with Crippen LogP contribution in [0.5, 0.6) is 0 Å². The molecule has 2 aromatic heterocycles. The van der Waals surface area contributed by atoms with Crippen molar-refractivity contribution < 1.29 is 17.6 Å². The van der Waals surface area contributed by atoms with Gasteiger partial charge >= 0.3 is 6.18 Å². The van der Waals surface area contributed by atoms with E-state index >= 15 is 0 Å². The van der Waals surface area contributed by atoms with Crippen LogP contribution in [0.2, 0.25) is 0 Å². The van der Waals surface area contributed by atoms with Gasteiger partial charge in [-0.25, -0.2) is 4.39 Å². The molecule has 0 amide bonds. The molecule has 3 rings (SSSR count). The fraction of sp³-hybridized carbons (Fsp3) is 0.333. The van der Waals surface area contributed by atoms with E-state index in [4.69, 9.17) is 5.73 Å². The molecule has 2 N–H and O–H groups in total. The van der Waals surface area contributed by atoms with Crippen LogP contribution in [0, 0.1) is 22.6 Å². The summed E-state index contributed by atoms with van der Waals surface area (Å²) in [5.74, 6) is -0.767. The number of nitrogens with two attached hydrogens (primary N) is 1. The number of benzene rings is 1. The molecule has 0 spiro atoms. The molecule has 0 saturated carbocycles. The minimum Gasteiger partial charge on any atom is -0.347 e. The van der Waals surface area contributed by atoms with Crippen LogP contribution in [0.15, 0.2) is 36.7 Å². The van der Waals surface area contributed by atoms with Gasteiger partial charge in [-0.05, 0) is 29.7 Å². The van der Waals surface area contributed by atoms with Crippen LogP contribution in [0.4, 0.5) is 17.6 Å². The molecule has 4 nitrogen and oxygen atoms in total. The Morgan fingerprint density at radius 2 is 1.93 bits per heavy atom. The quantitative estimate of drug-likeness (QED) is 0.601. The Labute approximate surface area is 165 Å². The largest absolute Gasteiger partial charge is 0.407 e. The molecule has 0 aliphatic carbocycles. The van der Waals surface area contributed by atoms with Crippen LogP contribution in [-0.2, 0) is 6.54 Å². The summed E-state index contributed by atoms with van der Waals surface area (Å²) in [6.45, 7) is 6.23. The van der Waals surface area contributed by atoms with Gasteiger partial charge in [0.2, 0.25) is 0 Å². The van der Waals surface area contributed by atoms with Gasteiger partial charge < -0.3 is 10.3 Å². The highest BCUT2D eigenvalue weighted by Crippen LogP contribution is 2.38. The normalized spacial score (nSPS) is 13.5. The molecule has 3 aromatic rings. The van der Waals surface area contributed by atoms with E-state index in [0.29, 0.717) is 12.1 Å². The minimum absolute atomic E-state index is 0.0510. The molecule has 0 unspecified atom stereocenters. The highest BCUT2D eigenvalue weighted by Gasteiger charge is 2.39. The van der Waals surface area contributed by atoms with Gasteiger partial charge in [-0.2, -0.15) is 18.4 Å². The van der Waals surface area contributed by atoms with E-state index in [1.807, 2.05) is 26.8 Å². The monoisotopic (exact) mass is 404 g/mol. The molecule has 8 heteroatoms. The SMILES string of the molecule is CC(C)(C)Cn1cc([C@@H](N)C(F)(F)F)c2cc(F)c(-c3ncccc3C#N)cc21. The Hall–Kier alpha value is -2.92. The second kappa shape index (κ2) is 7.16. The van der Waals surface area contributed by atoms with Crippen LogP contribution >= 0.6 is 0 Å². The van der Waals surface area contributed by atoms with Gasteiger partial charge in [0.25, 0.3) is 0 Å². The minimum atomic E-state index is -4.66. The van der Waals surface area contributed by atoms with Crippen molar-refractivity contribution in [3.05, 3.63) is 53.6 Å².